The minimum absolute atomic E-state index is 0.0376. The second-order valence-electron chi connectivity index (χ2n) is 9.13. The number of anilines is 2. The van der Waals surface area contributed by atoms with Crippen LogP contribution in [0.4, 0.5) is 33.3 Å². The molecule has 1 aliphatic heterocycles. The fourth-order valence-corrected chi connectivity index (χ4v) is 4.85. The lowest BCUT2D eigenvalue weighted by Crippen LogP contribution is -2.40. The van der Waals surface area contributed by atoms with Crippen LogP contribution in [0.2, 0.25) is 0 Å². The van der Waals surface area contributed by atoms with Gasteiger partial charge in [0.2, 0.25) is 0 Å². The van der Waals surface area contributed by atoms with Crippen molar-refractivity contribution >= 4 is 22.1 Å². The molecule has 0 fully saturated rings. The maximum Gasteiger partial charge on any atom is 0.419 e. The molecule has 1 aliphatic rings. The van der Waals surface area contributed by atoms with Crippen LogP contribution >= 0.6 is 0 Å². The standard InChI is InChI=1S/C29H25F5N2O/c1-18(22-9-4-7-19-6-2-3-8-23(19)22)35-15-14-21-17-36(28-26(31)10-5-11-27(28)37-21)20-12-13-25(30)24(16-20)29(32,33)34/h2-13,16,18,21,35H,14-15,17H2,1H3/t18-,21?/m1/s1. The monoisotopic (exact) mass is 512 g/mol. The van der Waals surface area contributed by atoms with E-state index in [1.165, 1.54) is 23.1 Å². The van der Waals surface area contributed by atoms with Gasteiger partial charge in [-0.15, -0.1) is 0 Å². The Labute approximate surface area is 211 Å². The van der Waals surface area contributed by atoms with Gasteiger partial charge in [0.1, 0.15) is 23.4 Å². The normalized spacial score (nSPS) is 16.4. The highest BCUT2D eigenvalue weighted by atomic mass is 19.4. The average molecular weight is 513 g/mol. The van der Waals surface area contributed by atoms with Crippen molar-refractivity contribution in [1.29, 1.82) is 0 Å². The maximum atomic E-state index is 14.8. The number of halogens is 5. The van der Waals surface area contributed by atoms with Gasteiger partial charge in [-0.25, -0.2) is 8.78 Å². The first-order valence-electron chi connectivity index (χ1n) is 12.0. The molecule has 37 heavy (non-hydrogen) atoms. The van der Waals surface area contributed by atoms with E-state index in [4.69, 9.17) is 4.74 Å². The fourth-order valence-electron chi connectivity index (χ4n) is 4.85. The third kappa shape index (κ3) is 5.11. The van der Waals surface area contributed by atoms with Crippen molar-refractivity contribution in [3.05, 3.63) is 102 Å². The van der Waals surface area contributed by atoms with Crippen molar-refractivity contribution in [2.75, 3.05) is 18.0 Å². The molecule has 0 amide bonds. The molecule has 0 aromatic heterocycles. The van der Waals surface area contributed by atoms with E-state index in [1.54, 1.807) is 6.07 Å². The van der Waals surface area contributed by atoms with Crippen LogP contribution in [0.1, 0.15) is 30.5 Å². The minimum atomic E-state index is -4.87. The summed E-state index contributed by atoms with van der Waals surface area (Å²) in [6.45, 7) is 2.74. The molecule has 0 bridgehead atoms. The number of hydrogen-bond acceptors (Lipinski definition) is 3. The van der Waals surface area contributed by atoms with E-state index in [-0.39, 0.29) is 29.7 Å². The van der Waals surface area contributed by atoms with Crippen LogP contribution in [0.25, 0.3) is 10.8 Å². The Bertz CT molecular complexity index is 1420. The Morgan fingerprint density at radius 1 is 0.946 bits per heavy atom. The summed E-state index contributed by atoms with van der Waals surface area (Å²) in [5.74, 6) is -1.77. The first-order chi connectivity index (χ1) is 17.7. The lowest BCUT2D eigenvalue weighted by atomic mass is 9.99. The Morgan fingerprint density at radius 2 is 1.70 bits per heavy atom. The van der Waals surface area contributed by atoms with Crippen LogP contribution in [0.3, 0.4) is 0 Å². The van der Waals surface area contributed by atoms with Gasteiger partial charge in [0, 0.05) is 11.7 Å². The second-order valence-corrected chi connectivity index (χ2v) is 9.13. The van der Waals surface area contributed by atoms with Crippen molar-refractivity contribution in [2.45, 2.75) is 31.7 Å². The van der Waals surface area contributed by atoms with Gasteiger partial charge in [-0.05, 0) is 66.6 Å². The molecule has 1 unspecified atom stereocenters. The molecule has 0 saturated heterocycles. The van der Waals surface area contributed by atoms with Gasteiger partial charge >= 0.3 is 6.18 Å². The molecule has 192 valence electrons. The molecular formula is C29H25F5N2O. The van der Waals surface area contributed by atoms with Gasteiger partial charge in [-0.3, -0.25) is 0 Å². The topological polar surface area (TPSA) is 24.5 Å². The summed E-state index contributed by atoms with van der Waals surface area (Å²) >= 11 is 0. The van der Waals surface area contributed by atoms with Crippen LogP contribution in [0, 0.1) is 11.6 Å². The smallest absolute Gasteiger partial charge is 0.419 e. The molecule has 0 saturated carbocycles. The maximum absolute atomic E-state index is 14.8. The van der Waals surface area contributed by atoms with Gasteiger partial charge in [0.25, 0.3) is 0 Å². The highest BCUT2D eigenvalue weighted by Gasteiger charge is 2.36. The Morgan fingerprint density at radius 3 is 2.51 bits per heavy atom. The van der Waals surface area contributed by atoms with Gasteiger partial charge in [0.05, 0.1) is 12.1 Å². The number of fused-ring (bicyclic) bond motifs is 2. The van der Waals surface area contributed by atoms with E-state index in [2.05, 4.69) is 36.5 Å². The average Bonchev–Trinajstić information content (AvgIpc) is 2.87. The van der Waals surface area contributed by atoms with Gasteiger partial charge in [0.15, 0.2) is 5.82 Å². The van der Waals surface area contributed by atoms with Crippen molar-refractivity contribution in [1.82, 2.24) is 5.32 Å². The predicted octanol–water partition coefficient (Wildman–Crippen LogP) is 7.78. The zero-order valence-electron chi connectivity index (χ0n) is 20.0. The number of para-hydroxylation sites is 1. The molecule has 3 nitrogen and oxygen atoms in total. The fraction of sp³-hybridized carbons (Fsp3) is 0.241. The highest BCUT2D eigenvalue weighted by Crippen LogP contribution is 2.42. The van der Waals surface area contributed by atoms with E-state index in [0.29, 0.717) is 13.0 Å². The van der Waals surface area contributed by atoms with E-state index >= 15 is 0 Å². The molecule has 2 atom stereocenters. The second kappa shape index (κ2) is 10.0. The molecule has 8 heteroatoms. The predicted molar refractivity (Wildman–Crippen MR) is 134 cm³/mol. The quantitative estimate of drug-likeness (QED) is 0.267. The van der Waals surface area contributed by atoms with Crippen molar-refractivity contribution < 1.29 is 26.7 Å². The number of nitrogens with zero attached hydrogens (tertiary/aromatic N) is 1. The first kappa shape index (κ1) is 25.0. The largest absolute Gasteiger partial charge is 0.486 e. The van der Waals surface area contributed by atoms with E-state index in [9.17, 15) is 22.0 Å². The van der Waals surface area contributed by atoms with Crippen LogP contribution < -0.4 is 15.0 Å². The summed E-state index contributed by atoms with van der Waals surface area (Å²) in [4.78, 5) is 1.43. The molecule has 0 radical (unpaired) electrons. The van der Waals surface area contributed by atoms with E-state index in [0.717, 1.165) is 28.5 Å². The molecule has 1 heterocycles. The molecule has 4 aromatic carbocycles. The summed E-state index contributed by atoms with van der Waals surface area (Å²) in [7, 11) is 0. The van der Waals surface area contributed by atoms with Crippen molar-refractivity contribution in [3.8, 4) is 5.75 Å². The molecule has 5 rings (SSSR count). The van der Waals surface area contributed by atoms with Gasteiger partial charge in [-0.1, -0.05) is 48.5 Å². The highest BCUT2D eigenvalue weighted by molar-refractivity contribution is 5.86. The van der Waals surface area contributed by atoms with E-state index < -0.39 is 29.5 Å². The summed E-state index contributed by atoms with van der Waals surface area (Å²) in [6.07, 6.45) is -4.78. The van der Waals surface area contributed by atoms with Crippen LogP contribution in [0.5, 0.6) is 5.75 Å². The molecule has 0 spiro atoms. The zero-order chi connectivity index (χ0) is 26.2. The lowest BCUT2D eigenvalue weighted by molar-refractivity contribution is -0.139. The van der Waals surface area contributed by atoms with Crippen LogP contribution in [-0.2, 0) is 6.18 Å². The number of ether oxygens (including phenoxy) is 1. The number of hydrogen-bond donors (Lipinski definition) is 1. The molecular weight excluding hydrogens is 487 g/mol. The third-order valence-electron chi connectivity index (χ3n) is 6.67. The summed E-state index contributed by atoms with van der Waals surface area (Å²) in [6, 6.07) is 21.3. The SMILES string of the molecule is C[C@@H](NCCC1CN(c2ccc(F)c(C(F)(F)F)c2)c2c(F)cccc2O1)c1cccc2ccccc12. The summed E-state index contributed by atoms with van der Waals surface area (Å²) in [5.41, 5.74) is -0.153. The Kier molecular flexibility index (Phi) is 6.77. The molecule has 0 aliphatic carbocycles. The Balaban J connectivity index is 1.35. The number of rotatable bonds is 6. The van der Waals surface area contributed by atoms with E-state index in [1.807, 2.05) is 18.2 Å². The van der Waals surface area contributed by atoms with Gasteiger partial charge < -0.3 is 15.0 Å². The molecule has 1 N–H and O–H groups in total. The summed E-state index contributed by atoms with van der Waals surface area (Å²) in [5, 5.41) is 5.80. The zero-order valence-corrected chi connectivity index (χ0v) is 20.0. The van der Waals surface area contributed by atoms with Crippen molar-refractivity contribution in [3.63, 3.8) is 0 Å². The number of alkyl halides is 3. The lowest BCUT2D eigenvalue weighted by Gasteiger charge is -2.37. The third-order valence-corrected chi connectivity index (χ3v) is 6.67. The minimum Gasteiger partial charge on any atom is -0.486 e. The number of nitrogens with one attached hydrogen (secondary N) is 1. The van der Waals surface area contributed by atoms with Crippen LogP contribution in [0.15, 0.2) is 78.9 Å². The Hall–Kier alpha value is -3.65. The number of benzene rings is 4. The summed E-state index contributed by atoms with van der Waals surface area (Å²) < 4.78 is 74.8. The van der Waals surface area contributed by atoms with Gasteiger partial charge in [-0.2, -0.15) is 13.2 Å². The van der Waals surface area contributed by atoms with Crippen molar-refractivity contribution in [2.24, 2.45) is 0 Å². The van der Waals surface area contributed by atoms with Crippen LogP contribution in [-0.4, -0.2) is 19.2 Å². The first-order valence-corrected chi connectivity index (χ1v) is 12.0. The molecule has 4 aromatic rings.